The quantitative estimate of drug-likeness (QED) is 0.556. The number of hydrogen-bond donors (Lipinski definition) is 2. The first-order chi connectivity index (χ1) is 14.9. The van der Waals surface area contributed by atoms with Crippen molar-refractivity contribution >= 4 is 29.3 Å². The van der Waals surface area contributed by atoms with Gasteiger partial charge in [-0.1, -0.05) is 24.6 Å². The molecule has 4 rings (SSSR count). The summed E-state index contributed by atoms with van der Waals surface area (Å²) in [6.45, 7) is 6.19. The van der Waals surface area contributed by atoms with Gasteiger partial charge in [0.2, 0.25) is 5.91 Å². The summed E-state index contributed by atoms with van der Waals surface area (Å²) in [7, 11) is 0. The van der Waals surface area contributed by atoms with Crippen molar-refractivity contribution in [2.24, 2.45) is 17.8 Å². The van der Waals surface area contributed by atoms with Crippen LogP contribution in [0.15, 0.2) is 47.4 Å². The predicted octanol–water partition coefficient (Wildman–Crippen LogP) is 5.59. The largest absolute Gasteiger partial charge is 0.353 e. The van der Waals surface area contributed by atoms with Crippen molar-refractivity contribution in [3.8, 4) is 0 Å². The zero-order chi connectivity index (χ0) is 22.0. The summed E-state index contributed by atoms with van der Waals surface area (Å²) >= 11 is 1.43. The van der Waals surface area contributed by atoms with Crippen LogP contribution in [0.1, 0.15) is 54.1 Å². The first-order valence-electron chi connectivity index (χ1n) is 11.3. The molecule has 0 aromatic heterocycles. The average Bonchev–Trinajstić information content (AvgIpc) is 3.35. The maximum absolute atomic E-state index is 12.9. The monoisotopic (exact) mass is 436 g/mol. The van der Waals surface area contributed by atoms with Gasteiger partial charge in [0.1, 0.15) is 0 Å². The zero-order valence-electron chi connectivity index (χ0n) is 18.6. The van der Waals surface area contributed by atoms with E-state index < -0.39 is 0 Å². The highest BCUT2D eigenvalue weighted by atomic mass is 32.2. The molecule has 0 heterocycles. The number of nitrogens with one attached hydrogen (secondary N) is 2. The summed E-state index contributed by atoms with van der Waals surface area (Å²) in [6, 6.07) is 13.7. The average molecular weight is 437 g/mol. The number of carbonyl (C=O) groups excluding carboxylic acids is 2. The number of fused-ring (bicyclic) bond motifs is 2. The molecule has 2 fully saturated rings. The Labute approximate surface area is 189 Å². The number of rotatable bonds is 7. The fraction of sp³-hybridized carbons (Fsp3) is 0.462. The van der Waals surface area contributed by atoms with E-state index in [4.69, 9.17) is 0 Å². The molecule has 0 aliphatic heterocycles. The van der Waals surface area contributed by atoms with Crippen LogP contribution in [0.25, 0.3) is 0 Å². The minimum absolute atomic E-state index is 0.0461. The maximum Gasteiger partial charge on any atom is 0.256 e. The number of anilines is 1. The van der Waals surface area contributed by atoms with Gasteiger partial charge in [-0.2, -0.15) is 0 Å². The fourth-order valence-corrected chi connectivity index (χ4v) is 6.34. The van der Waals surface area contributed by atoms with E-state index in [1.54, 1.807) is 0 Å². The molecule has 4 atom stereocenters. The van der Waals surface area contributed by atoms with Gasteiger partial charge in [-0.15, -0.1) is 11.8 Å². The molecule has 0 unspecified atom stereocenters. The summed E-state index contributed by atoms with van der Waals surface area (Å²) in [5.74, 6) is 2.52. The summed E-state index contributed by atoms with van der Waals surface area (Å²) < 4.78 is 0. The summed E-state index contributed by atoms with van der Waals surface area (Å²) in [5.41, 5.74) is 3.61. The molecule has 0 saturated heterocycles. The molecule has 2 amide bonds. The molecule has 2 aliphatic rings. The van der Waals surface area contributed by atoms with E-state index in [-0.39, 0.29) is 17.9 Å². The van der Waals surface area contributed by atoms with Crippen LogP contribution in [-0.4, -0.2) is 23.6 Å². The van der Waals surface area contributed by atoms with Gasteiger partial charge in [-0.25, -0.2) is 0 Å². The van der Waals surface area contributed by atoms with Gasteiger partial charge >= 0.3 is 0 Å². The van der Waals surface area contributed by atoms with Gasteiger partial charge in [0.25, 0.3) is 5.91 Å². The number of aryl methyl sites for hydroxylation is 2. The fourth-order valence-electron chi connectivity index (χ4n) is 5.48. The third-order valence-corrected chi connectivity index (χ3v) is 7.87. The van der Waals surface area contributed by atoms with Crippen LogP contribution in [0.4, 0.5) is 5.69 Å². The lowest BCUT2D eigenvalue weighted by molar-refractivity contribution is -0.119. The second kappa shape index (κ2) is 9.47. The maximum atomic E-state index is 12.9. The van der Waals surface area contributed by atoms with E-state index >= 15 is 0 Å². The first kappa shape index (κ1) is 21.9. The Kier molecular flexibility index (Phi) is 6.71. The van der Waals surface area contributed by atoms with E-state index in [1.807, 2.05) is 50.2 Å². The third-order valence-electron chi connectivity index (χ3n) is 6.79. The van der Waals surface area contributed by atoms with Gasteiger partial charge in [-0.3, -0.25) is 9.59 Å². The van der Waals surface area contributed by atoms with Crippen molar-refractivity contribution in [1.29, 1.82) is 0 Å². The SMILES string of the molecule is Cc1cc(C)cc(NC(=O)c2ccccc2SCC(=O)N[C@H](C)[C@@H]2C[C@H]3CC[C@H]2C3)c1. The molecule has 164 valence electrons. The van der Waals surface area contributed by atoms with Crippen molar-refractivity contribution < 1.29 is 9.59 Å². The highest BCUT2D eigenvalue weighted by Gasteiger charge is 2.42. The number of carbonyl (C=O) groups is 2. The van der Waals surface area contributed by atoms with Crippen LogP contribution in [0.2, 0.25) is 0 Å². The standard InChI is InChI=1S/C26H32N2O2S/c1-16-10-17(2)12-21(11-16)28-26(30)22-6-4-5-7-24(22)31-15-25(29)27-18(3)23-14-19-8-9-20(23)13-19/h4-7,10-12,18-20,23H,8-9,13-15H2,1-3H3,(H,27,29)(H,28,30)/t18-,19+,20+,23+/m1/s1. The van der Waals surface area contributed by atoms with Crippen LogP contribution in [-0.2, 0) is 4.79 Å². The lowest BCUT2D eigenvalue weighted by atomic mass is 9.84. The molecule has 2 aromatic rings. The second-order valence-corrected chi connectivity index (χ2v) is 10.3. The Hall–Kier alpha value is -2.27. The smallest absolute Gasteiger partial charge is 0.256 e. The van der Waals surface area contributed by atoms with Crippen molar-refractivity contribution in [3.63, 3.8) is 0 Å². The summed E-state index contributed by atoms with van der Waals surface area (Å²) in [4.78, 5) is 26.3. The molecule has 0 spiro atoms. The molecule has 2 aliphatic carbocycles. The molecule has 2 saturated carbocycles. The van der Waals surface area contributed by atoms with Crippen LogP contribution >= 0.6 is 11.8 Å². The highest BCUT2D eigenvalue weighted by molar-refractivity contribution is 8.00. The van der Waals surface area contributed by atoms with Crippen molar-refractivity contribution in [2.75, 3.05) is 11.1 Å². The van der Waals surface area contributed by atoms with Crippen molar-refractivity contribution in [1.82, 2.24) is 5.32 Å². The number of amides is 2. The van der Waals surface area contributed by atoms with Gasteiger partial charge in [0.05, 0.1) is 11.3 Å². The van der Waals surface area contributed by atoms with E-state index in [9.17, 15) is 9.59 Å². The minimum Gasteiger partial charge on any atom is -0.353 e. The Morgan fingerprint density at radius 1 is 1.06 bits per heavy atom. The van der Waals surface area contributed by atoms with Crippen LogP contribution in [0.3, 0.4) is 0 Å². The van der Waals surface area contributed by atoms with Crippen molar-refractivity contribution in [2.45, 2.75) is 57.4 Å². The first-order valence-corrected chi connectivity index (χ1v) is 12.3. The van der Waals surface area contributed by atoms with Crippen LogP contribution in [0.5, 0.6) is 0 Å². The molecule has 4 nitrogen and oxygen atoms in total. The lowest BCUT2D eigenvalue weighted by Crippen LogP contribution is -2.40. The topological polar surface area (TPSA) is 58.2 Å². The van der Waals surface area contributed by atoms with E-state index in [2.05, 4.69) is 23.6 Å². The number of benzene rings is 2. The Morgan fingerprint density at radius 3 is 2.48 bits per heavy atom. The molecule has 0 radical (unpaired) electrons. The van der Waals surface area contributed by atoms with Gasteiger partial charge in [-0.05, 0) is 93.2 Å². The van der Waals surface area contributed by atoms with Crippen molar-refractivity contribution in [3.05, 3.63) is 59.2 Å². The predicted molar refractivity (Wildman–Crippen MR) is 128 cm³/mol. The molecule has 2 aromatic carbocycles. The Balaban J connectivity index is 1.34. The van der Waals surface area contributed by atoms with E-state index in [0.717, 1.165) is 33.5 Å². The van der Waals surface area contributed by atoms with E-state index in [1.165, 1.54) is 37.4 Å². The Morgan fingerprint density at radius 2 is 1.81 bits per heavy atom. The van der Waals surface area contributed by atoms with Gasteiger partial charge in [0.15, 0.2) is 0 Å². The lowest BCUT2D eigenvalue weighted by Gasteiger charge is -2.28. The van der Waals surface area contributed by atoms with Gasteiger partial charge < -0.3 is 10.6 Å². The molecule has 2 N–H and O–H groups in total. The summed E-state index contributed by atoms with van der Waals surface area (Å²) in [6.07, 6.45) is 5.31. The van der Waals surface area contributed by atoms with Crippen LogP contribution in [0, 0.1) is 31.6 Å². The summed E-state index contributed by atoms with van der Waals surface area (Å²) in [5, 5.41) is 6.22. The van der Waals surface area contributed by atoms with Gasteiger partial charge in [0, 0.05) is 16.6 Å². The minimum atomic E-state index is -0.149. The number of hydrogen-bond acceptors (Lipinski definition) is 3. The highest BCUT2D eigenvalue weighted by Crippen LogP contribution is 2.49. The number of thioether (sulfide) groups is 1. The molecule has 5 heteroatoms. The zero-order valence-corrected chi connectivity index (χ0v) is 19.4. The molecular formula is C26H32N2O2S. The molecule has 2 bridgehead atoms. The second-order valence-electron chi connectivity index (χ2n) is 9.31. The Bertz CT molecular complexity index is 953. The van der Waals surface area contributed by atoms with E-state index in [0.29, 0.717) is 17.2 Å². The van der Waals surface area contributed by atoms with Crippen LogP contribution < -0.4 is 10.6 Å². The normalized spacial score (nSPS) is 22.9. The molecular weight excluding hydrogens is 404 g/mol. The molecule has 31 heavy (non-hydrogen) atoms. The third kappa shape index (κ3) is 5.32.